The molecule has 180 valence electrons. The van der Waals surface area contributed by atoms with Crippen molar-refractivity contribution in [2.75, 3.05) is 28.4 Å². The summed E-state index contributed by atoms with van der Waals surface area (Å²) < 4.78 is 23.0. The molecule has 0 radical (unpaired) electrons. The van der Waals surface area contributed by atoms with Crippen molar-refractivity contribution in [3.8, 4) is 0 Å². The lowest BCUT2D eigenvalue weighted by Crippen LogP contribution is -2.15. The molecule has 0 fully saturated rings. The number of benzene rings is 2. The third-order valence-corrected chi connectivity index (χ3v) is 5.74. The third-order valence-electron chi connectivity index (χ3n) is 5.74. The molecule has 35 heavy (non-hydrogen) atoms. The average Bonchev–Trinajstić information content (AvgIpc) is 3.22. The molecule has 2 heterocycles. The van der Waals surface area contributed by atoms with E-state index in [-0.39, 0.29) is 12.2 Å². The Balaban J connectivity index is 2.03. The van der Waals surface area contributed by atoms with Crippen molar-refractivity contribution in [1.82, 2.24) is 9.55 Å². The molecule has 4 aromatic rings. The molecule has 0 atom stereocenters. The predicted octanol–water partition coefficient (Wildman–Crippen LogP) is 4.52. The molecule has 2 aromatic carbocycles. The highest BCUT2D eigenvalue weighted by molar-refractivity contribution is 6.11. The Hall–Kier alpha value is -4.01. The Labute approximate surface area is 202 Å². The van der Waals surface area contributed by atoms with Crippen LogP contribution in [-0.2, 0) is 30.3 Å². The molecule has 0 spiro atoms. The Morgan fingerprint density at radius 2 is 1.60 bits per heavy atom. The Morgan fingerprint density at radius 1 is 0.914 bits per heavy atom. The molecule has 8 heteroatoms. The van der Waals surface area contributed by atoms with Gasteiger partial charge in [-0.05, 0) is 23.8 Å². The van der Waals surface area contributed by atoms with Crippen molar-refractivity contribution in [3.05, 3.63) is 83.2 Å². The number of hydrogen-bond acceptors (Lipinski definition) is 7. The first-order valence-electron chi connectivity index (χ1n) is 10.9. The minimum Gasteiger partial charge on any atom is -0.466 e. The van der Waals surface area contributed by atoms with Crippen LogP contribution in [0.5, 0.6) is 0 Å². The Bertz CT molecular complexity index is 1400. The van der Waals surface area contributed by atoms with E-state index in [0.717, 1.165) is 21.9 Å². The summed E-state index contributed by atoms with van der Waals surface area (Å²) in [5, 5.41) is 1.64. The number of hydrogen-bond donors (Lipinski definition) is 0. The molecular formula is C27H26N2O6. The van der Waals surface area contributed by atoms with Crippen LogP contribution in [-0.4, -0.2) is 49.9 Å². The highest BCUT2D eigenvalue weighted by Crippen LogP contribution is 2.35. The summed E-state index contributed by atoms with van der Waals surface area (Å²) in [6.45, 7) is 0.192. The number of fused-ring (bicyclic) bond motifs is 3. The second-order valence-corrected chi connectivity index (χ2v) is 7.76. The van der Waals surface area contributed by atoms with Gasteiger partial charge in [-0.15, -0.1) is 0 Å². The number of methoxy groups -OCH3 is 4. The Morgan fingerprint density at radius 3 is 2.26 bits per heavy atom. The molecular weight excluding hydrogens is 448 g/mol. The van der Waals surface area contributed by atoms with E-state index in [0.29, 0.717) is 16.8 Å². The van der Waals surface area contributed by atoms with Crippen LogP contribution < -0.4 is 0 Å². The summed E-state index contributed by atoms with van der Waals surface area (Å²) in [6.07, 6.45) is 0.941. The van der Waals surface area contributed by atoms with E-state index in [1.54, 1.807) is 12.1 Å². The maximum absolute atomic E-state index is 12.8. The van der Waals surface area contributed by atoms with Gasteiger partial charge in [-0.1, -0.05) is 48.5 Å². The van der Waals surface area contributed by atoms with Gasteiger partial charge in [0.25, 0.3) is 0 Å². The molecule has 0 saturated heterocycles. The molecule has 0 saturated carbocycles. The summed E-state index contributed by atoms with van der Waals surface area (Å²) in [4.78, 5) is 29.8. The van der Waals surface area contributed by atoms with Crippen molar-refractivity contribution < 1.29 is 28.5 Å². The van der Waals surface area contributed by atoms with E-state index in [2.05, 4.69) is 4.98 Å². The van der Waals surface area contributed by atoms with Gasteiger partial charge in [0, 0.05) is 30.5 Å². The van der Waals surface area contributed by atoms with E-state index in [4.69, 9.17) is 18.9 Å². The summed E-state index contributed by atoms with van der Waals surface area (Å²) in [5.41, 5.74) is 3.36. The number of aromatic nitrogens is 2. The number of ether oxygens (including phenoxy) is 4. The van der Waals surface area contributed by atoms with Gasteiger partial charge in [0.2, 0.25) is 6.29 Å². The van der Waals surface area contributed by atoms with Crippen LogP contribution in [0, 0.1) is 0 Å². The zero-order chi connectivity index (χ0) is 24.9. The fourth-order valence-corrected chi connectivity index (χ4v) is 4.18. The van der Waals surface area contributed by atoms with E-state index < -0.39 is 18.2 Å². The van der Waals surface area contributed by atoms with Crippen molar-refractivity contribution in [3.63, 3.8) is 0 Å². The fourth-order valence-electron chi connectivity index (χ4n) is 4.18. The first-order valence-corrected chi connectivity index (χ1v) is 10.9. The quantitative estimate of drug-likeness (QED) is 0.211. The van der Waals surface area contributed by atoms with Crippen LogP contribution in [0.3, 0.4) is 0 Å². The van der Waals surface area contributed by atoms with Crippen molar-refractivity contribution in [2.24, 2.45) is 0 Å². The molecule has 0 unspecified atom stereocenters. The summed E-state index contributed by atoms with van der Waals surface area (Å²) in [5.74, 6) is -1.02. The molecule has 0 aliphatic heterocycles. The molecule has 8 nitrogen and oxygen atoms in total. The van der Waals surface area contributed by atoms with Crippen LogP contribution in [0.4, 0.5) is 0 Å². The third kappa shape index (κ3) is 4.66. The monoisotopic (exact) mass is 474 g/mol. The molecule has 0 aliphatic rings. The smallest absolute Gasteiger partial charge is 0.356 e. The van der Waals surface area contributed by atoms with Crippen LogP contribution >= 0.6 is 0 Å². The highest BCUT2D eigenvalue weighted by atomic mass is 16.7. The van der Waals surface area contributed by atoms with Crippen molar-refractivity contribution >= 4 is 39.8 Å². The van der Waals surface area contributed by atoms with Gasteiger partial charge in [-0.2, -0.15) is 0 Å². The molecule has 0 N–H and O–H groups in total. The highest BCUT2D eigenvalue weighted by Gasteiger charge is 2.25. The molecule has 0 aliphatic carbocycles. The van der Waals surface area contributed by atoms with Crippen molar-refractivity contribution in [2.45, 2.75) is 12.8 Å². The first-order chi connectivity index (χ1) is 17.0. The predicted molar refractivity (Wildman–Crippen MR) is 132 cm³/mol. The normalized spacial score (nSPS) is 11.9. The molecule has 2 aromatic heterocycles. The SMILES string of the molecule is COC(=O)/C(=C/c1ccccc1)Cn1c2ccccc2c2cc(C(=O)OC)nc(C(OC)OC)c21. The Kier molecular flexibility index (Phi) is 7.24. The van der Waals surface area contributed by atoms with Gasteiger partial charge in [0.15, 0.2) is 0 Å². The van der Waals surface area contributed by atoms with Gasteiger partial charge in [0.05, 0.1) is 31.9 Å². The number of carbonyl (C=O) groups excluding carboxylic acids is 2. The first kappa shape index (κ1) is 24.1. The standard InChI is InChI=1S/C27H26N2O6/c1-32-25(30)18(14-17-10-6-5-7-11-17)16-29-22-13-9-8-12-19(22)20-15-21(26(31)33-2)28-23(24(20)29)27(34-3)35-4/h5-15,27H,16H2,1-4H3/b18-14+. The largest absolute Gasteiger partial charge is 0.466 e. The second kappa shape index (κ2) is 10.5. The van der Waals surface area contributed by atoms with E-state index in [9.17, 15) is 9.59 Å². The lowest BCUT2D eigenvalue weighted by Gasteiger charge is -2.17. The minimum absolute atomic E-state index is 0.130. The zero-order valence-corrected chi connectivity index (χ0v) is 20.0. The maximum Gasteiger partial charge on any atom is 0.356 e. The van der Waals surface area contributed by atoms with Gasteiger partial charge in [0.1, 0.15) is 11.4 Å². The molecule has 4 rings (SSSR count). The van der Waals surface area contributed by atoms with Gasteiger partial charge >= 0.3 is 11.9 Å². The number of para-hydroxylation sites is 1. The van der Waals surface area contributed by atoms with Crippen LogP contribution in [0.2, 0.25) is 0 Å². The topological polar surface area (TPSA) is 88.9 Å². The minimum atomic E-state index is -0.857. The number of nitrogens with zero attached hydrogens (tertiary/aromatic N) is 2. The second-order valence-electron chi connectivity index (χ2n) is 7.76. The number of rotatable bonds is 8. The van der Waals surface area contributed by atoms with E-state index in [1.807, 2.05) is 59.2 Å². The number of carbonyl (C=O) groups is 2. The van der Waals surface area contributed by atoms with E-state index >= 15 is 0 Å². The van der Waals surface area contributed by atoms with Crippen LogP contribution in [0.15, 0.2) is 66.2 Å². The van der Waals surface area contributed by atoms with Gasteiger partial charge in [-0.25, -0.2) is 14.6 Å². The van der Waals surface area contributed by atoms with Gasteiger partial charge in [-0.3, -0.25) is 0 Å². The zero-order valence-electron chi connectivity index (χ0n) is 20.0. The van der Waals surface area contributed by atoms with E-state index in [1.165, 1.54) is 28.4 Å². The maximum atomic E-state index is 12.8. The lowest BCUT2D eigenvalue weighted by molar-refractivity contribution is -0.136. The molecule has 0 amide bonds. The van der Waals surface area contributed by atoms with Gasteiger partial charge < -0.3 is 23.5 Å². The summed E-state index contributed by atoms with van der Waals surface area (Å²) in [7, 11) is 5.65. The van der Waals surface area contributed by atoms with Crippen LogP contribution in [0.1, 0.15) is 28.0 Å². The number of esters is 2. The molecule has 0 bridgehead atoms. The van der Waals surface area contributed by atoms with Crippen molar-refractivity contribution in [1.29, 1.82) is 0 Å². The summed E-state index contributed by atoms with van der Waals surface area (Å²) >= 11 is 0. The lowest BCUT2D eigenvalue weighted by atomic mass is 10.1. The summed E-state index contributed by atoms with van der Waals surface area (Å²) in [6, 6.07) is 18.9. The van der Waals surface area contributed by atoms with Crippen LogP contribution in [0.25, 0.3) is 27.9 Å². The average molecular weight is 475 g/mol. The fraction of sp³-hybridized carbons (Fsp3) is 0.222. The number of pyridine rings is 1.